The van der Waals surface area contributed by atoms with Gasteiger partial charge < -0.3 is 9.73 Å². The molecule has 0 saturated heterocycles. The van der Waals surface area contributed by atoms with Crippen molar-refractivity contribution < 1.29 is 4.42 Å². The summed E-state index contributed by atoms with van der Waals surface area (Å²) in [6, 6.07) is 5.93. The summed E-state index contributed by atoms with van der Waals surface area (Å²) in [5.41, 5.74) is 1.26. The Kier molecular flexibility index (Phi) is 3.69. The molecule has 0 fully saturated rings. The van der Waals surface area contributed by atoms with Crippen molar-refractivity contribution in [2.45, 2.75) is 19.9 Å². The Balaban J connectivity index is 2.34. The third-order valence-corrected chi connectivity index (χ3v) is 3.56. The zero-order valence-corrected chi connectivity index (χ0v) is 10.9. The van der Waals surface area contributed by atoms with E-state index >= 15 is 0 Å². The molecule has 2 aromatic heterocycles. The zero-order valence-electron chi connectivity index (χ0n) is 9.29. The number of rotatable bonds is 4. The van der Waals surface area contributed by atoms with Crippen molar-refractivity contribution >= 4 is 22.9 Å². The first kappa shape index (κ1) is 11.7. The van der Waals surface area contributed by atoms with Crippen LogP contribution in [0.5, 0.6) is 0 Å². The SMILES string of the molecule is CCNC(c1ccc(Cl)o1)c1ccsc1C. The summed E-state index contributed by atoms with van der Waals surface area (Å²) in [7, 11) is 0. The van der Waals surface area contributed by atoms with E-state index in [1.807, 2.05) is 6.07 Å². The van der Waals surface area contributed by atoms with Gasteiger partial charge in [0.05, 0.1) is 6.04 Å². The van der Waals surface area contributed by atoms with E-state index in [1.165, 1.54) is 10.4 Å². The average Bonchev–Trinajstić information content (AvgIpc) is 2.84. The van der Waals surface area contributed by atoms with Crippen molar-refractivity contribution in [3.8, 4) is 0 Å². The third kappa shape index (κ3) is 2.32. The van der Waals surface area contributed by atoms with E-state index in [0.29, 0.717) is 5.22 Å². The lowest BCUT2D eigenvalue weighted by molar-refractivity contribution is 0.453. The van der Waals surface area contributed by atoms with Crippen LogP contribution in [0.2, 0.25) is 5.22 Å². The Morgan fingerprint density at radius 3 is 2.75 bits per heavy atom. The Bertz CT molecular complexity index is 463. The van der Waals surface area contributed by atoms with Crippen LogP contribution in [-0.2, 0) is 0 Å². The molecule has 1 atom stereocenters. The molecule has 0 aliphatic rings. The van der Waals surface area contributed by atoms with Gasteiger partial charge in [0.2, 0.25) is 0 Å². The van der Waals surface area contributed by atoms with E-state index in [2.05, 4.69) is 30.6 Å². The van der Waals surface area contributed by atoms with Crippen molar-refractivity contribution in [2.75, 3.05) is 6.54 Å². The van der Waals surface area contributed by atoms with Gasteiger partial charge in [0.1, 0.15) is 5.76 Å². The molecule has 2 nitrogen and oxygen atoms in total. The fraction of sp³-hybridized carbons (Fsp3) is 0.333. The van der Waals surface area contributed by atoms with Gasteiger partial charge in [-0.3, -0.25) is 0 Å². The van der Waals surface area contributed by atoms with Crippen LogP contribution in [0.1, 0.15) is 29.2 Å². The maximum atomic E-state index is 5.81. The first-order chi connectivity index (χ1) is 7.72. The lowest BCUT2D eigenvalue weighted by Crippen LogP contribution is -2.21. The Labute approximate surface area is 104 Å². The van der Waals surface area contributed by atoms with Crippen LogP contribution in [-0.4, -0.2) is 6.54 Å². The summed E-state index contributed by atoms with van der Waals surface area (Å²) in [6.45, 7) is 5.09. The molecule has 2 rings (SSSR count). The molecule has 1 N–H and O–H groups in total. The molecule has 86 valence electrons. The van der Waals surface area contributed by atoms with Gasteiger partial charge in [-0.1, -0.05) is 6.92 Å². The first-order valence-corrected chi connectivity index (χ1v) is 6.50. The summed E-state index contributed by atoms with van der Waals surface area (Å²) >= 11 is 7.56. The predicted octanol–water partition coefficient (Wildman–Crippen LogP) is 4.00. The van der Waals surface area contributed by atoms with E-state index < -0.39 is 0 Å². The molecular formula is C12H14ClNOS. The lowest BCUT2D eigenvalue weighted by atomic mass is 10.1. The molecule has 0 amide bonds. The molecule has 1 unspecified atom stereocenters. The summed E-state index contributed by atoms with van der Waals surface area (Å²) in [5.74, 6) is 0.869. The smallest absolute Gasteiger partial charge is 0.193 e. The van der Waals surface area contributed by atoms with Gasteiger partial charge in [0.15, 0.2) is 5.22 Å². The molecule has 2 heterocycles. The summed E-state index contributed by atoms with van der Waals surface area (Å²) < 4.78 is 5.48. The molecule has 0 aliphatic heterocycles. The standard InChI is InChI=1S/C12H14ClNOS/c1-3-14-12(9-6-7-16-8(9)2)10-4-5-11(13)15-10/h4-7,12,14H,3H2,1-2H3. The van der Waals surface area contributed by atoms with Gasteiger partial charge in [-0.2, -0.15) is 0 Å². The molecular weight excluding hydrogens is 242 g/mol. The number of hydrogen-bond donors (Lipinski definition) is 1. The van der Waals surface area contributed by atoms with Crippen LogP contribution >= 0.6 is 22.9 Å². The lowest BCUT2D eigenvalue weighted by Gasteiger charge is -2.15. The predicted molar refractivity (Wildman–Crippen MR) is 68.3 cm³/mol. The number of nitrogens with one attached hydrogen (secondary N) is 1. The van der Waals surface area contributed by atoms with E-state index in [1.54, 1.807) is 17.4 Å². The average molecular weight is 256 g/mol. The van der Waals surface area contributed by atoms with Crippen LogP contribution in [0, 0.1) is 6.92 Å². The number of hydrogen-bond acceptors (Lipinski definition) is 3. The number of thiophene rings is 1. The summed E-state index contributed by atoms with van der Waals surface area (Å²) in [5, 5.41) is 5.94. The van der Waals surface area contributed by atoms with E-state index in [4.69, 9.17) is 16.0 Å². The minimum atomic E-state index is 0.101. The minimum absolute atomic E-state index is 0.101. The molecule has 0 aromatic carbocycles. The quantitative estimate of drug-likeness (QED) is 0.893. The fourth-order valence-electron chi connectivity index (χ4n) is 1.75. The van der Waals surface area contributed by atoms with Crippen LogP contribution in [0.25, 0.3) is 0 Å². The van der Waals surface area contributed by atoms with E-state index in [9.17, 15) is 0 Å². The monoisotopic (exact) mass is 255 g/mol. The highest BCUT2D eigenvalue weighted by molar-refractivity contribution is 7.10. The molecule has 16 heavy (non-hydrogen) atoms. The highest BCUT2D eigenvalue weighted by atomic mass is 35.5. The molecule has 4 heteroatoms. The van der Waals surface area contributed by atoms with Gasteiger partial charge in [0, 0.05) is 4.88 Å². The van der Waals surface area contributed by atoms with Crippen LogP contribution in [0.15, 0.2) is 28.0 Å². The molecule has 0 aliphatic carbocycles. The topological polar surface area (TPSA) is 25.2 Å². The van der Waals surface area contributed by atoms with Gasteiger partial charge in [0.25, 0.3) is 0 Å². The van der Waals surface area contributed by atoms with Crippen molar-refractivity contribution in [2.24, 2.45) is 0 Å². The highest BCUT2D eigenvalue weighted by Crippen LogP contribution is 2.30. The van der Waals surface area contributed by atoms with Crippen LogP contribution < -0.4 is 5.32 Å². The molecule has 0 saturated carbocycles. The van der Waals surface area contributed by atoms with Gasteiger partial charge >= 0.3 is 0 Å². The largest absolute Gasteiger partial charge is 0.448 e. The molecule has 0 bridgehead atoms. The number of aryl methyl sites for hydroxylation is 1. The Morgan fingerprint density at radius 2 is 2.25 bits per heavy atom. The second-order valence-electron chi connectivity index (χ2n) is 3.56. The zero-order chi connectivity index (χ0) is 11.5. The summed E-state index contributed by atoms with van der Waals surface area (Å²) in [4.78, 5) is 1.30. The molecule has 0 radical (unpaired) electrons. The van der Waals surface area contributed by atoms with Crippen LogP contribution in [0.4, 0.5) is 0 Å². The number of furan rings is 1. The molecule has 2 aromatic rings. The maximum absolute atomic E-state index is 5.81. The van der Waals surface area contributed by atoms with Crippen molar-refractivity contribution in [1.29, 1.82) is 0 Å². The second kappa shape index (κ2) is 5.04. The second-order valence-corrected chi connectivity index (χ2v) is 5.06. The summed E-state index contributed by atoms with van der Waals surface area (Å²) in [6.07, 6.45) is 0. The van der Waals surface area contributed by atoms with Gasteiger partial charge in [-0.05, 0) is 54.2 Å². The first-order valence-electron chi connectivity index (χ1n) is 5.25. The number of halogens is 1. The third-order valence-electron chi connectivity index (χ3n) is 2.50. The van der Waals surface area contributed by atoms with Crippen molar-refractivity contribution in [3.05, 3.63) is 45.0 Å². The Morgan fingerprint density at radius 1 is 1.44 bits per heavy atom. The normalized spacial score (nSPS) is 12.9. The van der Waals surface area contributed by atoms with Gasteiger partial charge in [-0.25, -0.2) is 0 Å². The van der Waals surface area contributed by atoms with Gasteiger partial charge in [-0.15, -0.1) is 11.3 Å². The van der Waals surface area contributed by atoms with Crippen molar-refractivity contribution in [1.82, 2.24) is 5.32 Å². The van der Waals surface area contributed by atoms with Crippen LogP contribution in [0.3, 0.4) is 0 Å². The Hall–Kier alpha value is -0.770. The van der Waals surface area contributed by atoms with E-state index in [0.717, 1.165) is 12.3 Å². The minimum Gasteiger partial charge on any atom is -0.448 e. The fourth-order valence-corrected chi connectivity index (χ4v) is 2.64. The maximum Gasteiger partial charge on any atom is 0.193 e. The van der Waals surface area contributed by atoms with Crippen molar-refractivity contribution in [3.63, 3.8) is 0 Å². The van der Waals surface area contributed by atoms with E-state index in [-0.39, 0.29) is 6.04 Å². The highest BCUT2D eigenvalue weighted by Gasteiger charge is 2.19. The molecule has 0 spiro atoms.